The van der Waals surface area contributed by atoms with Crippen molar-refractivity contribution in [3.63, 3.8) is 0 Å². The molecule has 1 aliphatic rings. The fourth-order valence-corrected chi connectivity index (χ4v) is 3.31. The summed E-state index contributed by atoms with van der Waals surface area (Å²) < 4.78 is 1.70. The zero-order valence-corrected chi connectivity index (χ0v) is 11.5. The molecule has 1 aromatic carbocycles. The van der Waals surface area contributed by atoms with Crippen LogP contribution >= 0.6 is 0 Å². The molecule has 106 valence electrons. The maximum absolute atomic E-state index is 11.9. The Morgan fingerprint density at radius 1 is 1.30 bits per heavy atom. The van der Waals surface area contributed by atoms with Crippen LogP contribution in [0.2, 0.25) is 0 Å². The fourth-order valence-electron chi connectivity index (χ4n) is 3.31. The van der Waals surface area contributed by atoms with Gasteiger partial charge in [0.05, 0.1) is 11.2 Å². The molecule has 3 rings (SSSR count). The van der Waals surface area contributed by atoms with Crippen LogP contribution < -0.4 is 0 Å². The van der Waals surface area contributed by atoms with E-state index in [0.29, 0.717) is 18.5 Å². The van der Waals surface area contributed by atoms with Crippen molar-refractivity contribution in [1.82, 2.24) is 9.78 Å². The number of aliphatic carboxylic acids is 1. The Kier molecular flexibility index (Phi) is 2.92. The highest BCUT2D eigenvalue weighted by atomic mass is 16.4. The van der Waals surface area contributed by atoms with Crippen LogP contribution in [0.5, 0.6) is 5.75 Å². The van der Waals surface area contributed by atoms with Gasteiger partial charge in [-0.1, -0.05) is 19.3 Å². The van der Waals surface area contributed by atoms with Gasteiger partial charge in [0.1, 0.15) is 11.2 Å². The van der Waals surface area contributed by atoms with Gasteiger partial charge in [-0.3, -0.25) is 9.48 Å². The largest absolute Gasteiger partial charge is 0.508 e. The number of aromatic hydroxyl groups is 1. The van der Waals surface area contributed by atoms with E-state index in [1.165, 1.54) is 0 Å². The maximum atomic E-state index is 11.9. The summed E-state index contributed by atoms with van der Waals surface area (Å²) in [5.74, 6) is -0.663. The number of carboxylic acid groups (broad SMARTS) is 1. The normalized spacial score (nSPS) is 18.2. The van der Waals surface area contributed by atoms with Gasteiger partial charge >= 0.3 is 5.97 Å². The van der Waals surface area contributed by atoms with Crippen LogP contribution in [0.1, 0.15) is 37.8 Å². The van der Waals surface area contributed by atoms with E-state index in [-0.39, 0.29) is 5.75 Å². The summed E-state index contributed by atoms with van der Waals surface area (Å²) >= 11 is 0. The quantitative estimate of drug-likeness (QED) is 0.882. The molecule has 2 N–H and O–H groups in total. The Labute approximate surface area is 116 Å². The van der Waals surface area contributed by atoms with E-state index in [1.807, 2.05) is 0 Å². The van der Waals surface area contributed by atoms with Crippen molar-refractivity contribution in [2.45, 2.75) is 37.5 Å². The number of hydrogen-bond donors (Lipinski definition) is 2. The molecule has 1 aromatic heterocycles. The third-order valence-electron chi connectivity index (χ3n) is 4.40. The molecule has 0 aliphatic heterocycles. The molecule has 0 bridgehead atoms. The van der Waals surface area contributed by atoms with Crippen molar-refractivity contribution in [2.75, 3.05) is 0 Å². The fraction of sp³-hybridized carbons (Fsp3) is 0.467. The van der Waals surface area contributed by atoms with Gasteiger partial charge < -0.3 is 10.2 Å². The summed E-state index contributed by atoms with van der Waals surface area (Å²) in [7, 11) is 1.81. The molecule has 20 heavy (non-hydrogen) atoms. The van der Waals surface area contributed by atoms with Crippen molar-refractivity contribution in [3.8, 4) is 5.75 Å². The number of aromatic nitrogens is 2. The minimum absolute atomic E-state index is 0.142. The number of hydrogen-bond acceptors (Lipinski definition) is 3. The first-order valence-electron chi connectivity index (χ1n) is 6.94. The Morgan fingerprint density at radius 2 is 2.00 bits per heavy atom. The molecule has 1 aliphatic carbocycles. The van der Waals surface area contributed by atoms with Gasteiger partial charge in [0.25, 0.3) is 0 Å². The predicted molar refractivity (Wildman–Crippen MR) is 74.8 cm³/mol. The summed E-state index contributed by atoms with van der Waals surface area (Å²) in [6.07, 6.45) is 4.12. The lowest BCUT2D eigenvalue weighted by atomic mass is 9.71. The highest BCUT2D eigenvalue weighted by Gasteiger charge is 2.44. The average Bonchev–Trinajstić information content (AvgIpc) is 2.76. The predicted octanol–water partition coefficient (Wildman–Crippen LogP) is 2.57. The molecule has 1 fully saturated rings. The van der Waals surface area contributed by atoms with E-state index >= 15 is 0 Å². The van der Waals surface area contributed by atoms with Gasteiger partial charge in [0.15, 0.2) is 0 Å². The first kappa shape index (κ1) is 13.0. The summed E-state index contributed by atoms with van der Waals surface area (Å²) in [5, 5.41) is 24.7. The molecule has 0 radical (unpaired) electrons. The minimum atomic E-state index is -0.911. The molecule has 0 amide bonds. The Morgan fingerprint density at radius 3 is 2.65 bits per heavy atom. The highest BCUT2D eigenvalue weighted by molar-refractivity contribution is 5.91. The lowest BCUT2D eigenvalue weighted by molar-refractivity contribution is -0.145. The van der Waals surface area contributed by atoms with Crippen LogP contribution in [-0.4, -0.2) is 26.0 Å². The Bertz CT molecular complexity index is 669. The number of carboxylic acids is 1. The zero-order chi connectivity index (χ0) is 14.3. The van der Waals surface area contributed by atoms with Gasteiger partial charge in [0.2, 0.25) is 0 Å². The van der Waals surface area contributed by atoms with Crippen LogP contribution in [0.4, 0.5) is 0 Å². The first-order valence-corrected chi connectivity index (χ1v) is 6.94. The summed E-state index contributed by atoms with van der Waals surface area (Å²) in [6.45, 7) is 0. The number of carbonyl (C=O) groups is 1. The van der Waals surface area contributed by atoms with Crippen molar-refractivity contribution in [3.05, 3.63) is 23.9 Å². The molecule has 0 spiro atoms. The van der Waals surface area contributed by atoms with Crippen molar-refractivity contribution in [2.24, 2.45) is 7.05 Å². The molecular formula is C15H18N2O3. The molecule has 0 atom stereocenters. The third-order valence-corrected chi connectivity index (χ3v) is 4.40. The lowest BCUT2D eigenvalue weighted by Crippen LogP contribution is -2.38. The van der Waals surface area contributed by atoms with Crippen LogP contribution in [-0.2, 0) is 17.3 Å². The topological polar surface area (TPSA) is 75.4 Å². The van der Waals surface area contributed by atoms with Gasteiger partial charge in [0, 0.05) is 12.4 Å². The number of aryl methyl sites for hydroxylation is 1. The van der Waals surface area contributed by atoms with E-state index in [1.54, 1.807) is 29.9 Å². The van der Waals surface area contributed by atoms with Crippen LogP contribution in [0, 0.1) is 0 Å². The van der Waals surface area contributed by atoms with Crippen molar-refractivity contribution < 1.29 is 15.0 Å². The van der Waals surface area contributed by atoms with E-state index in [4.69, 9.17) is 0 Å². The van der Waals surface area contributed by atoms with Gasteiger partial charge in [-0.2, -0.15) is 5.10 Å². The number of benzene rings is 1. The number of phenolic OH excluding ortho intramolecular Hbond substituents is 1. The second-order valence-electron chi connectivity index (χ2n) is 5.62. The van der Waals surface area contributed by atoms with E-state index in [2.05, 4.69) is 5.10 Å². The summed E-state index contributed by atoms with van der Waals surface area (Å²) in [6, 6.07) is 5.00. The standard InChI is InChI=1S/C15H18N2O3/c1-17-12-6-5-10(18)9-11(12)13(16-17)15(14(19)20)7-3-2-4-8-15/h5-6,9,18H,2-4,7-8H2,1H3,(H,19,20). The second-order valence-corrected chi connectivity index (χ2v) is 5.62. The lowest BCUT2D eigenvalue weighted by Gasteiger charge is -2.31. The first-order chi connectivity index (χ1) is 9.54. The summed E-state index contributed by atoms with van der Waals surface area (Å²) in [4.78, 5) is 11.9. The average molecular weight is 274 g/mol. The van der Waals surface area contributed by atoms with Gasteiger partial charge in [-0.05, 0) is 31.0 Å². The number of phenols is 1. The van der Waals surface area contributed by atoms with Gasteiger partial charge in [-0.15, -0.1) is 0 Å². The molecule has 1 saturated carbocycles. The number of fused-ring (bicyclic) bond motifs is 1. The Balaban J connectivity index is 2.26. The van der Waals surface area contributed by atoms with Crippen molar-refractivity contribution >= 4 is 16.9 Å². The smallest absolute Gasteiger partial charge is 0.315 e. The highest BCUT2D eigenvalue weighted by Crippen LogP contribution is 2.42. The van der Waals surface area contributed by atoms with Crippen LogP contribution in [0.15, 0.2) is 18.2 Å². The zero-order valence-electron chi connectivity index (χ0n) is 11.5. The maximum Gasteiger partial charge on any atom is 0.315 e. The van der Waals surface area contributed by atoms with E-state index < -0.39 is 11.4 Å². The molecule has 0 saturated heterocycles. The second kappa shape index (κ2) is 4.51. The third kappa shape index (κ3) is 1.77. The minimum Gasteiger partial charge on any atom is -0.508 e. The SMILES string of the molecule is Cn1nc(C2(C(=O)O)CCCCC2)c2cc(O)ccc21. The van der Waals surface area contributed by atoms with Crippen LogP contribution in [0.3, 0.4) is 0 Å². The molecular weight excluding hydrogens is 256 g/mol. The van der Waals surface area contributed by atoms with Crippen LogP contribution in [0.25, 0.3) is 10.9 Å². The van der Waals surface area contributed by atoms with Crippen molar-refractivity contribution in [1.29, 1.82) is 0 Å². The monoisotopic (exact) mass is 274 g/mol. The molecule has 5 nitrogen and oxygen atoms in total. The molecule has 2 aromatic rings. The van der Waals surface area contributed by atoms with E-state index in [0.717, 1.165) is 30.2 Å². The van der Waals surface area contributed by atoms with Gasteiger partial charge in [-0.25, -0.2) is 0 Å². The summed E-state index contributed by atoms with van der Waals surface area (Å²) in [5.41, 5.74) is 0.535. The number of nitrogens with zero attached hydrogens (tertiary/aromatic N) is 2. The molecule has 1 heterocycles. The molecule has 5 heteroatoms. The van der Waals surface area contributed by atoms with E-state index in [9.17, 15) is 15.0 Å². The number of rotatable bonds is 2. The molecule has 0 unspecified atom stereocenters. The Hall–Kier alpha value is -2.04.